The quantitative estimate of drug-likeness (QED) is 0.847. The van der Waals surface area contributed by atoms with Crippen molar-refractivity contribution in [2.75, 3.05) is 18.9 Å². The number of carboxylic acid groups (broad SMARTS) is 1. The van der Waals surface area contributed by atoms with Crippen molar-refractivity contribution >= 4 is 23.5 Å². The third-order valence-electron chi connectivity index (χ3n) is 4.12. The summed E-state index contributed by atoms with van der Waals surface area (Å²) in [6.45, 7) is 0.563. The number of hydrogen-bond donors (Lipinski definition) is 2. The first-order valence-corrected chi connectivity index (χ1v) is 7.75. The number of aromatic nitrogens is 3. The van der Waals surface area contributed by atoms with Crippen molar-refractivity contribution in [3.05, 3.63) is 36.2 Å². The van der Waals surface area contributed by atoms with E-state index in [4.69, 9.17) is 5.11 Å². The Kier molecular flexibility index (Phi) is 4.46. The van der Waals surface area contributed by atoms with Crippen LogP contribution in [0.5, 0.6) is 0 Å². The predicted octanol–water partition coefficient (Wildman–Crippen LogP) is 0.772. The van der Waals surface area contributed by atoms with Gasteiger partial charge < -0.3 is 15.3 Å². The van der Waals surface area contributed by atoms with Crippen LogP contribution in [-0.2, 0) is 9.59 Å². The summed E-state index contributed by atoms with van der Waals surface area (Å²) in [7, 11) is 1.73. The number of nitrogens with zero attached hydrogens (tertiary/aromatic N) is 4. The van der Waals surface area contributed by atoms with Crippen LogP contribution in [0.2, 0.25) is 0 Å². The topological polar surface area (TPSA) is 117 Å². The molecule has 2 aromatic rings. The molecule has 1 aliphatic rings. The molecule has 1 aromatic heterocycles. The maximum absolute atomic E-state index is 12.4. The smallest absolute Gasteiger partial charge is 0.358 e. The Morgan fingerprint density at radius 3 is 2.84 bits per heavy atom. The van der Waals surface area contributed by atoms with E-state index in [1.165, 1.54) is 10.9 Å². The molecular weight excluding hydrogens is 326 g/mol. The highest BCUT2D eigenvalue weighted by atomic mass is 16.4. The van der Waals surface area contributed by atoms with Gasteiger partial charge >= 0.3 is 5.97 Å². The summed E-state index contributed by atoms with van der Waals surface area (Å²) in [5.41, 5.74) is 0.942. The highest BCUT2D eigenvalue weighted by molar-refractivity contribution is 5.96. The number of likely N-dealkylation sites (tertiary alicyclic amines) is 1. The molecule has 2 heterocycles. The lowest BCUT2D eigenvalue weighted by molar-refractivity contribution is -0.137. The first kappa shape index (κ1) is 16.6. The monoisotopic (exact) mass is 343 g/mol. The largest absolute Gasteiger partial charge is 0.476 e. The Labute approximate surface area is 143 Å². The van der Waals surface area contributed by atoms with E-state index in [0.717, 1.165) is 0 Å². The molecule has 130 valence electrons. The van der Waals surface area contributed by atoms with Gasteiger partial charge in [0.05, 0.1) is 11.9 Å². The van der Waals surface area contributed by atoms with Gasteiger partial charge in [-0.05, 0) is 24.6 Å². The molecule has 3 rings (SSSR count). The highest BCUT2D eigenvalue weighted by Gasteiger charge is 2.28. The summed E-state index contributed by atoms with van der Waals surface area (Å²) in [5, 5.41) is 19.0. The van der Waals surface area contributed by atoms with Gasteiger partial charge in [-0.25, -0.2) is 9.48 Å². The SMILES string of the molecule is CN1CCC(C(=O)Nc2cccc(-n3cc(C(=O)O)nn3)c2)CC1=O. The summed E-state index contributed by atoms with van der Waals surface area (Å²) in [6.07, 6.45) is 2.12. The summed E-state index contributed by atoms with van der Waals surface area (Å²) in [4.78, 5) is 36.6. The standard InChI is InChI=1S/C16H17N5O4/c1-20-6-5-10(7-14(20)22)15(23)17-11-3-2-4-12(8-11)21-9-13(16(24)25)18-19-21/h2-4,8-10H,5-7H2,1H3,(H,17,23)(H,24,25). The van der Waals surface area contributed by atoms with Gasteiger partial charge in [0, 0.05) is 31.6 Å². The van der Waals surface area contributed by atoms with E-state index in [2.05, 4.69) is 15.6 Å². The van der Waals surface area contributed by atoms with Gasteiger partial charge in [0.2, 0.25) is 11.8 Å². The fourth-order valence-corrected chi connectivity index (χ4v) is 2.63. The van der Waals surface area contributed by atoms with Crippen LogP contribution < -0.4 is 5.32 Å². The number of rotatable bonds is 4. The third kappa shape index (κ3) is 3.65. The number of benzene rings is 1. The van der Waals surface area contributed by atoms with Gasteiger partial charge in [-0.15, -0.1) is 5.10 Å². The van der Waals surface area contributed by atoms with E-state index in [1.807, 2.05) is 0 Å². The lowest BCUT2D eigenvalue weighted by Crippen LogP contribution is -2.39. The van der Waals surface area contributed by atoms with Gasteiger partial charge in [-0.1, -0.05) is 11.3 Å². The zero-order valence-electron chi connectivity index (χ0n) is 13.5. The van der Waals surface area contributed by atoms with E-state index in [1.54, 1.807) is 36.2 Å². The predicted molar refractivity (Wildman–Crippen MR) is 87.3 cm³/mol. The summed E-state index contributed by atoms with van der Waals surface area (Å²) in [6, 6.07) is 6.81. The van der Waals surface area contributed by atoms with Crippen LogP contribution in [0.15, 0.2) is 30.5 Å². The second-order valence-electron chi connectivity index (χ2n) is 5.90. The number of carbonyl (C=O) groups excluding carboxylic acids is 2. The molecular formula is C16H17N5O4. The minimum absolute atomic E-state index is 0.0380. The summed E-state index contributed by atoms with van der Waals surface area (Å²) >= 11 is 0. The molecule has 1 atom stereocenters. The molecule has 1 saturated heterocycles. The van der Waals surface area contributed by atoms with Crippen molar-refractivity contribution in [2.45, 2.75) is 12.8 Å². The van der Waals surface area contributed by atoms with Crippen molar-refractivity contribution in [3.8, 4) is 5.69 Å². The van der Waals surface area contributed by atoms with E-state index in [0.29, 0.717) is 24.3 Å². The van der Waals surface area contributed by atoms with Crippen molar-refractivity contribution < 1.29 is 19.5 Å². The minimum Gasteiger partial charge on any atom is -0.476 e. The van der Waals surface area contributed by atoms with Crippen LogP contribution in [0.25, 0.3) is 5.69 Å². The molecule has 0 saturated carbocycles. The lowest BCUT2D eigenvalue weighted by Gasteiger charge is -2.27. The van der Waals surface area contributed by atoms with E-state index < -0.39 is 5.97 Å². The zero-order chi connectivity index (χ0) is 18.0. The first-order chi connectivity index (χ1) is 11.9. The number of anilines is 1. The number of amides is 2. The third-order valence-corrected chi connectivity index (χ3v) is 4.12. The maximum Gasteiger partial charge on any atom is 0.358 e. The number of carbonyl (C=O) groups is 3. The number of piperidine rings is 1. The molecule has 9 nitrogen and oxygen atoms in total. The van der Waals surface area contributed by atoms with Crippen LogP contribution in [0, 0.1) is 5.92 Å². The lowest BCUT2D eigenvalue weighted by atomic mass is 9.95. The van der Waals surface area contributed by atoms with Gasteiger partial charge in [-0.3, -0.25) is 9.59 Å². The fraction of sp³-hybridized carbons (Fsp3) is 0.312. The summed E-state index contributed by atoms with van der Waals surface area (Å²) < 4.78 is 1.32. The van der Waals surface area contributed by atoms with Gasteiger partial charge in [0.15, 0.2) is 5.69 Å². The molecule has 0 radical (unpaired) electrons. The second kappa shape index (κ2) is 6.71. The van der Waals surface area contributed by atoms with E-state index >= 15 is 0 Å². The molecule has 0 spiro atoms. The Morgan fingerprint density at radius 1 is 1.36 bits per heavy atom. The number of carboxylic acids is 1. The molecule has 1 aliphatic heterocycles. The average Bonchev–Trinajstić information content (AvgIpc) is 3.08. The molecule has 2 N–H and O–H groups in total. The highest BCUT2D eigenvalue weighted by Crippen LogP contribution is 2.20. The molecule has 1 aromatic carbocycles. The van der Waals surface area contributed by atoms with Gasteiger partial charge in [-0.2, -0.15) is 0 Å². The van der Waals surface area contributed by atoms with Crippen molar-refractivity contribution in [2.24, 2.45) is 5.92 Å². The Hall–Kier alpha value is -3.23. The zero-order valence-corrected chi connectivity index (χ0v) is 13.5. The average molecular weight is 343 g/mol. The summed E-state index contributed by atoms with van der Waals surface area (Å²) in [5.74, 6) is -1.76. The van der Waals surface area contributed by atoms with Gasteiger partial charge in [0.25, 0.3) is 0 Å². The number of hydrogen-bond acceptors (Lipinski definition) is 5. The molecule has 0 bridgehead atoms. The van der Waals surface area contributed by atoms with Crippen molar-refractivity contribution in [1.82, 2.24) is 19.9 Å². The minimum atomic E-state index is -1.16. The molecule has 9 heteroatoms. The first-order valence-electron chi connectivity index (χ1n) is 7.75. The fourth-order valence-electron chi connectivity index (χ4n) is 2.63. The van der Waals surface area contributed by atoms with Crippen LogP contribution in [0.3, 0.4) is 0 Å². The van der Waals surface area contributed by atoms with E-state index in [-0.39, 0.29) is 29.8 Å². The van der Waals surface area contributed by atoms with E-state index in [9.17, 15) is 14.4 Å². The van der Waals surface area contributed by atoms with Crippen molar-refractivity contribution in [3.63, 3.8) is 0 Å². The molecule has 25 heavy (non-hydrogen) atoms. The Bertz CT molecular complexity index is 831. The van der Waals surface area contributed by atoms with Crippen LogP contribution in [-0.4, -0.2) is 56.4 Å². The normalized spacial score (nSPS) is 17.4. The molecule has 0 aliphatic carbocycles. The molecule has 2 amide bonds. The number of aromatic carboxylic acids is 1. The van der Waals surface area contributed by atoms with Gasteiger partial charge in [0.1, 0.15) is 0 Å². The Morgan fingerprint density at radius 2 is 2.16 bits per heavy atom. The second-order valence-corrected chi connectivity index (χ2v) is 5.90. The Balaban J connectivity index is 1.72. The molecule has 1 unspecified atom stereocenters. The number of nitrogens with one attached hydrogen (secondary N) is 1. The van der Waals surface area contributed by atoms with Crippen molar-refractivity contribution in [1.29, 1.82) is 0 Å². The molecule has 1 fully saturated rings. The van der Waals surface area contributed by atoms with Crippen LogP contribution in [0.4, 0.5) is 5.69 Å². The maximum atomic E-state index is 12.4. The van der Waals surface area contributed by atoms with Crippen LogP contribution >= 0.6 is 0 Å². The van der Waals surface area contributed by atoms with Crippen LogP contribution in [0.1, 0.15) is 23.3 Å².